The van der Waals surface area contributed by atoms with Crippen molar-refractivity contribution in [3.63, 3.8) is 0 Å². The number of nitrogens with one attached hydrogen (secondary N) is 1. The normalized spacial score (nSPS) is 10.2. The van der Waals surface area contributed by atoms with Gasteiger partial charge in [-0.2, -0.15) is 5.26 Å². The Hall–Kier alpha value is -2.86. The van der Waals surface area contributed by atoms with Crippen molar-refractivity contribution in [1.82, 2.24) is 0 Å². The Bertz CT molecular complexity index is 679. The minimum atomic E-state index is -0.222. The minimum absolute atomic E-state index is 0.222. The zero-order valence-corrected chi connectivity index (χ0v) is 11.1. The summed E-state index contributed by atoms with van der Waals surface area (Å²) in [5.74, 6) is -0.222. The molecule has 0 aliphatic heterocycles. The highest BCUT2D eigenvalue weighted by Gasteiger charge is 1.99. The number of aryl methyl sites for hydroxylation is 1. The van der Waals surface area contributed by atoms with Gasteiger partial charge in [0.2, 0.25) is 5.91 Å². The van der Waals surface area contributed by atoms with Crippen molar-refractivity contribution in [2.75, 3.05) is 5.32 Å². The first-order chi connectivity index (χ1) is 9.67. The standard InChI is InChI=1S/C17H14N2O/c1-13-5-7-14(8-6-13)9-10-17(20)19-16-4-2-3-15(11-16)12-18/h2-11H,1H3,(H,19,20). The Morgan fingerprint density at radius 2 is 1.95 bits per heavy atom. The van der Waals surface area contributed by atoms with Crippen LogP contribution in [0.3, 0.4) is 0 Å². The number of nitriles is 1. The number of benzene rings is 2. The molecular weight excluding hydrogens is 248 g/mol. The van der Waals surface area contributed by atoms with E-state index in [1.54, 1.807) is 30.3 Å². The molecule has 0 spiro atoms. The highest BCUT2D eigenvalue weighted by molar-refractivity contribution is 6.01. The van der Waals surface area contributed by atoms with Crippen LogP contribution in [0.15, 0.2) is 54.6 Å². The second-order valence-corrected chi connectivity index (χ2v) is 4.43. The smallest absolute Gasteiger partial charge is 0.248 e. The van der Waals surface area contributed by atoms with Gasteiger partial charge in [-0.1, -0.05) is 35.9 Å². The summed E-state index contributed by atoms with van der Waals surface area (Å²) in [6.07, 6.45) is 3.23. The molecule has 0 aliphatic carbocycles. The van der Waals surface area contributed by atoms with Crippen LogP contribution in [-0.4, -0.2) is 5.91 Å². The Labute approximate surface area is 118 Å². The first kappa shape index (κ1) is 13.6. The van der Waals surface area contributed by atoms with E-state index in [4.69, 9.17) is 5.26 Å². The zero-order chi connectivity index (χ0) is 14.4. The minimum Gasteiger partial charge on any atom is -0.322 e. The molecule has 0 radical (unpaired) electrons. The molecule has 0 aliphatic rings. The Morgan fingerprint density at radius 3 is 2.65 bits per heavy atom. The van der Waals surface area contributed by atoms with Crippen LogP contribution in [0.2, 0.25) is 0 Å². The molecule has 0 saturated carbocycles. The molecule has 2 aromatic rings. The zero-order valence-electron chi connectivity index (χ0n) is 11.1. The monoisotopic (exact) mass is 262 g/mol. The van der Waals surface area contributed by atoms with Crippen molar-refractivity contribution >= 4 is 17.7 Å². The highest BCUT2D eigenvalue weighted by Crippen LogP contribution is 2.10. The summed E-state index contributed by atoms with van der Waals surface area (Å²) >= 11 is 0. The van der Waals surface area contributed by atoms with Gasteiger partial charge in [-0.3, -0.25) is 4.79 Å². The van der Waals surface area contributed by atoms with Crippen molar-refractivity contribution in [2.45, 2.75) is 6.92 Å². The third-order valence-corrected chi connectivity index (χ3v) is 2.76. The first-order valence-electron chi connectivity index (χ1n) is 6.23. The van der Waals surface area contributed by atoms with Crippen LogP contribution in [0, 0.1) is 18.3 Å². The lowest BCUT2D eigenvalue weighted by Gasteiger charge is -2.02. The van der Waals surface area contributed by atoms with Gasteiger partial charge in [-0.25, -0.2) is 0 Å². The second kappa shape index (κ2) is 6.35. The predicted molar refractivity (Wildman–Crippen MR) is 80.0 cm³/mol. The summed E-state index contributed by atoms with van der Waals surface area (Å²) in [7, 11) is 0. The highest BCUT2D eigenvalue weighted by atomic mass is 16.1. The van der Waals surface area contributed by atoms with Crippen molar-refractivity contribution in [1.29, 1.82) is 5.26 Å². The molecule has 1 amide bonds. The maximum Gasteiger partial charge on any atom is 0.248 e. The van der Waals surface area contributed by atoms with Gasteiger partial charge in [-0.15, -0.1) is 0 Å². The number of hydrogen-bond acceptors (Lipinski definition) is 2. The Morgan fingerprint density at radius 1 is 1.20 bits per heavy atom. The lowest BCUT2D eigenvalue weighted by molar-refractivity contribution is -0.111. The van der Waals surface area contributed by atoms with Crippen LogP contribution in [0.5, 0.6) is 0 Å². The average Bonchev–Trinajstić information content (AvgIpc) is 2.47. The SMILES string of the molecule is Cc1ccc(C=CC(=O)Nc2cccc(C#N)c2)cc1. The van der Waals surface area contributed by atoms with Crippen LogP contribution in [0.4, 0.5) is 5.69 Å². The number of carbonyl (C=O) groups excluding carboxylic acids is 1. The van der Waals surface area contributed by atoms with E-state index in [9.17, 15) is 4.79 Å². The van der Waals surface area contributed by atoms with E-state index >= 15 is 0 Å². The van der Waals surface area contributed by atoms with Gasteiger partial charge in [0, 0.05) is 11.8 Å². The molecule has 0 bridgehead atoms. The molecule has 1 N–H and O–H groups in total. The molecule has 2 rings (SSSR count). The van der Waals surface area contributed by atoms with Gasteiger partial charge < -0.3 is 5.32 Å². The predicted octanol–water partition coefficient (Wildman–Crippen LogP) is 3.52. The molecule has 98 valence electrons. The lowest BCUT2D eigenvalue weighted by atomic mass is 10.1. The number of hydrogen-bond donors (Lipinski definition) is 1. The van der Waals surface area contributed by atoms with Gasteiger partial charge in [-0.05, 0) is 36.8 Å². The molecule has 0 unspecified atom stereocenters. The molecule has 3 nitrogen and oxygen atoms in total. The number of amides is 1. The summed E-state index contributed by atoms with van der Waals surface area (Å²) in [4.78, 5) is 11.8. The molecule has 3 heteroatoms. The summed E-state index contributed by atoms with van der Waals surface area (Å²) in [5.41, 5.74) is 3.28. The first-order valence-corrected chi connectivity index (χ1v) is 6.23. The van der Waals surface area contributed by atoms with Crippen LogP contribution in [0.25, 0.3) is 6.08 Å². The third-order valence-electron chi connectivity index (χ3n) is 2.76. The number of carbonyl (C=O) groups is 1. The quantitative estimate of drug-likeness (QED) is 0.860. The fourth-order valence-corrected chi connectivity index (χ4v) is 1.70. The van der Waals surface area contributed by atoms with E-state index < -0.39 is 0 Å². The molecule has 0 atom stereocenters. The second-order valence-electron chi connectivity index (χ2n) is 4.43. The third kappa shape index (κ3) is 3.82. The molecule has 0 aromatic heterocycles. The van der Waals surface area contributed by atoms with Gasteiger partial charge in [0.1, 0.15) is 0 Å². The van der Waals surface area contributed by atoms with E-state index in [1.807, 2.05) is 37.3 Å². The van der Waals surface area contributed by atoms with Gasteiger partial charge >= 0.3 is 0 Å². The average molecular weight is 262 g/mol. The van der Waals surface area contributed by atoms with Crippen LogP contribution in [-0.2, 0) is 4.79 Å². The van der Waals surface area contributed by atoms with E-state index in [-0.39, 0.29) is 5.91 Å². The van der Waals surface area contributed by atoms with Gasteiger partial charge in [0.15, 0.2) is 0 Å². The Balaban J connectivity index is 2.02. The van der Waals surface area contributed by atoms with Crippen LogP contribution < -0.4 is 5.32 Å². The molecular formula is C17H14N2O. The lowest BCUT2D eigenvalue weighted by Crippen LogP contribution is -2.07. The van der Waals surface area contributed by atoms with Gasteiger partial charge in [0.05, 0.1) is 11.6 Å². The summed E-state index contributed by atoms with van der Waals surface area (Å²) in [6, 6.07) is 16.7. The Kier molecular flexibility index (Phi) is 4.31. The van der Waals surface area contributed by atoms with Crippen molar-refractivity contribution < 1.29 is 4.79 Å². The summed E-state index contributed by atoms with van der Waals surface area (Å²) < 4.78 is 0. The molecule has 0 fully saturated rings. The summed E-state index contributed by atoms with van der Waals surface area (Å²) in [5, 5.41) is 11.5. The fourth-order valence-electron chi connectivity index (χ4n) is 1.70. The molecule has 20 heavy (non-hydrogen) atoms. The number of anilines is 1. The molecule has 2 aromatic carbocycles. The maximum atomic E-state index is 11.8. The van der Waals surface area contributed by atoms with Crippen molar-refractivity contribution in [3.8, 4) is 6.07 Å². The van der Waals surface area contributed by atoms with Crippen molar-refractivity contribution in [2.24, 2.45) is 0 Å². The number of nitrogens with zero attached hydrogens (tertiary/aromatic N) is 1. The van der Waals surface area contributed by atoms with Crippen LogP contribution in [0.1, 0.15) is 16.7 Å². The fraction of sp³-hybridized carbons (Fsp3) is 0.0588. The van der Waals surface area contributed by atoms with Gasteiger partial charge in [0.25, 0.3) is 0 Å². The van der Waals surface area contributed by atoms with Crippen molar-refractivity contribution in [3.05, 3.63) is 71.3 Å². The van der Waals surface area contributed by atoms with E-state index in [0.29, 0.717) is 11.3 Å². The maximum absolute atomic E-state index is 11.8. The summed E-state index contributed by atoms with van der Waals surface area (Å²) in [6.45, 7) is 2.02. The van der Waals surface area contributed by atoms with E-state index in [1.165, 1.54) is 11.6 Å². The largest absolute Gasteiger partial charge is 0.322 e. The van der Waals surface area contributed by atoms with E-state index in [0.717, 1.165) is 5.56 Å². The molecule has 0 heterocycles. The number of rotatable bonds is 3. The topological polar surface area (TPSA) is 52.9 Å². The van der Waals surface area contributed by atoms with Crippen LogP contribution >= 0.6 is 0 Å². The molecule has 0 saturated heterocycles. The van der Waals surface area contributed by atoms with E-state index in [2.05, 4.69) is 5.32 Å².